The van der Waals surface area contributed by atoms with Gasteiger partial charge in [-0.2, -0.15) is 0 Å². The monoisotopic (exact) mass is 301 g/mol. The molecule has 2 rings (SSSR count). The van der Waals surface area contributed by atoms with Crippen molar-refractivity contribution >= 4 is 29.4 Å². The average Bonchev–Trinajstić information content (AvgIpc) is 2.66. The van der Waals surface area contributed by atoms with Crippen LogP contribution in [0, 0.1) is 5.82 Å². The summed E-state index contributed by atoms with van der Waals surface area (Å²) >= 11 is 5.71. The quantitative estimate of drug-likeness (QED) is 0.790. The molecule has 1 aromatic rings. The van der Waals surface area contributed by atoms with Crippen LogP contribution in [0.4, 0.5) is 9.18 Å². The summed E-state index contributed by atoms with van der Waals surface area (Å²) in [6.07, 6.45) is 0. The standard InChI is InChI=1S/C11H9ClFN3O4/c12-7-3-6(13)1-2-8(7)20-5-10(18)15-16-4-9(17)14-11(16)19/h1-3H,4-5H2,(H,15,18)(H,14,17,19). The molecule has 0 bridgehead atoms. The molecule has 1 heterocycles. The molecule has 1 fully saturated rings. The van der Waals surface area contributed by atoms with Gasteiger partial charge in [-0.05, 0) is 18.2 Å². The molecule has 106 valence electrons. The third-order valence-corrected chi connectivity index (χ3v) is 2.60. The molecule has 1 saturated heterocycles. The van der Waals surface area contributed by atoms with Crippen LogP contribution in [-0.4, -0.2) is 36.0 Å². The molecule has 0 aliphatic carbocycles. The first kappa shape index (κ1) is 14.1. The Morgan fingerprint density at radius 3 is 2.85 bits per heavy atom. The third-order valence-electron chi connectivity index (χ3n) is 2.31. The molecule has 7 nitrogen and oxygen atoms in total. The SMILES string of the molecule is O=C1CN(NC(=O)COc2ccc(F)cc2Cl)C(=O)N1. The zero-order valence-electron chi connectivity index (χ0n) is 9.98. The van der Waals surface area contributed by atoms with Crippen LogP contribution in [0.3, 0.4) is 0 Å². The fraction of sp³-hybridized carbons (Fsp3) is 0.182. The molecular formula is C11H9ClFN3O4. The van der Waals surface area contributed by atoms with Crippen LogP contribution < -0.4 is 15.5 Å². The van der Waals surface area contributed by atoms with Crippen LogP contribution in [0.25, 0.3) is 0 Å². The number of rotatable bonds is 4. The molecule has 0 aromatic heterocycles. The van der Waals surface area contributed by atoms with Crippen molar-refractivity contribution in [1.82, 2.24) is 15.8 Å². The van der Waals surface area contributed by atoms with Crippen molar-refractivity contribution in [3.63, 3.8) is 0 Å². The molecule has 2 N–H and O–H groups in total. The predicted octanol–water partition coefficient (Wildman–Crippen LogP) is 0.441. The van der Waals surface area contributed by atoms with E-state index in [9.17, 15) is 18.8 Å². The Hall–Kier alpha value is -2.35. The lowest BCUT2D eigenvalue weighted by Crippen LogP contribution is -2.46. The lowest BCUT2D eigenvalue weighted by molar-refractivity contribution is -0.127. The van der Waals surface area contributed by atoms with Crippen LogP contribution in [0.15, 0.2) is 18.2 Å². The van der Waals surface area contributed by atoms with Crippen LogP contribution in [0.5, 0.6) is 5.75 Å². The maximum Gasteiger partial charge on any atom is 0.343 e. The lowest BCUT2D eigenvalue weighted by Gasteiger charge is -2.15. The maximum atomic E-state index is 12.8. The molecular weight excluding hydrogens is 293 g/mol. The van der Waals surface area contributed by atoms with Gasteiger partial charge in [0.15, 0.2) is 6.61 Å². The first-order valence-electron chi connectivity index (χ1n) is 5.44. The van der Waals surface area contributed by atoms with Crippen molar-refractivity contribution in [2.45, 2.75) is 0 Å². The van der Waals surface area contributed by atoms with Gasteiger partial charge in [-0.25, -0.2) is 14.2 Å². The largest absolute Gasteiger partial charge is 0.482 e. The number of ether oxygens (including phenoxy) is 1. The maximum absolute atomic E-state index is 12.8. The van der Waals surface area contributed by atoms with E-state index in [0.29, 0.717) is 0 Å². The number of nitrogens with one attached hydrogen (secondary N) is 2. The number of hydrogen-bond donors (Lipinski definition) is 2. The number of amides is 4. The van der Waals surface area contributed by atoms with E-state index in [2.05, 4.69) is 5.43 Å². The van der Waals surface area contributed by atoms with Gasteiger partial charge in [0.25, 0.3) is 5.91 Å². The van der Waals surface area contributed by atoms with E-state index in [-0.39, 0.29) is 17.3 Å². The normalized spacial score (nSPS) is 14.2. The summed E-state index contributed by atoms with van der Waals surface area (Å²) in [5, 5.41) is 2.83. The Morgan fingerprint density at radius 2 is 2.25 bits per heavy atom. The van der Waals surface area contributed by atoms with Gasteiger partial charge in [0.1, 0.15) is 18.1 Å². The molecule has 1 aromatic carbocycles. The second-order valence-electron chi connectivity index (χ2n) is 3.84. The fourth-order valence-corrected chi connectivity index (χ4v) is 1.67. The molecule has 1 aliphatic heterocycles. The van der Waals surface area contributed by atoms with E-state index in [4.69, 9.17) is 16.3 Å². The minimum atomic E-state index is -0.719. The fourth-order valence-electron chi connectivity index (χ4n) is 1.45. The number of hydrazine groups is 1. The van der Waals surface area contributed by atoms with Gasteiger partial charge < -0.3 is 4.74 Å². The molecule has 0 spiro atoms. The van der Waals surface area contributed by atoms with Crippen LogP contribution in [0.1, 0.15) is 0 Å². The molecule has 1 aliphatic rings. The number of imide groups is 1. The Kier molecular flexibility index (Phi) is 4.04. The summed E-state index contributed by atoms with van der Waals surface area (Å²) in [4.78, 5) is 33.6. The van der Waals surface area contributed by atoms with Gasteiger partial charge in [-0.3, -0.25) is 20.3 Å². The molecule has 20 heavy (non-hydrogen) atoms. The number of carbonyl (C=O) groups excluding carboxylic acids is 3. The highest BCUT2D eigenvalue weighted by Crippen LogP contribution is 2.24. The Balaban J connectivity index is 1.86. The number of hydrogen-bond acceptors (Lipinski definition) is 4. The number of halogens is 2. The summed E-state index contributed by atoms with van der Waals surface area (Å²) in [6, 6.07) is 2.73. The van der Waals surface area contributed by atoms with Crippen LogP contribution in [-0.2, 0) is 9.59 Å². The number of urea groups is 1. The summed E-state index contributed by atoms with van der Waals surface area (Å²) in [5.41, 5.74) is 2.18. The van der Waals surface area contributed by atoms with Crippen molar-refractivity contribution < 1.29 is 23.5 Å². The van der Waals surface area contributed by atoms with Gasteiger partial charge in [0.05, 0.1) is 5.02 Å². The van der Waals surface area contributed by atoms with E-state index in [1.807, 2.05) is 5.32 Å². The van der Waals surface area contributed by atoms with Gasteiger partial charge in [-0.1, -0.05) is 11.6 Å². The van der Waals surface area contributed by atoms with Crippen molar-refractivity contribution in [2.24, 2.45) is 0 Å². The Morgan fingerprint density at radius 1 is 1.50 bits per heavy atom. The molecule has 0 radical (unpaired) electrons. The van der Waals surface area contributed by atoms with Crippen molar-refractivity contribution in [2.75, 3.05) is 13.2 Å². The minimum absolute atomic E-state index is 0.0203. The molecule has 0 atom stereocenters. The molecule has 0 saturated carbocycles. The van der Waals surface area contributed by atoms with Crippen LogP contribution >= 0.6 is 11.6 Å². The molecule has 0 unspecified atom stereocenters. The zero-order chi connectivity index (χ0) is 14.7. The highest BCUT2D eigenvalue weighted by molar-refractivity contribution is 6.32. The average molecular weight is 302 g/mol. The second kappa shape index (κ2) is 5.74. The summed E-state index contributed by atoms with van der Waals surface area (Å²) in [6.45, 7) is -0.703. The van der Waals surface area contributed by atoms with E-state index >= 15 is 0 Å². The van der Waals surface area contributed by atoms with E-state index < -0.39 is 30.3 Å². The van der Waals surface area contributed by atoms with Crippen molar-refractivity contribution in [1.29, 1.82) is 0 Å². The molecule has 4 amide bonds. The van der Waals surface area contributed by atoms with E-state index in [1.165, 1.54) is 6.07 Å². The van der Waals surface area contributed by atoms with Crippen LogP contribution in [0.2, 0.25) is 5.02 Å². The van der Waals surface area contributed by atoms with Gasteiger partial charge in [0, 0.05) is 0 Å². The Bertz CT molecular complexity index is 581. The number of nitrogens with zero attached hydrogens (tertiary/aromatic N) is 1. The first-order valence-corrected chi connectivity index (χ1v) is 5.82. The Labute approximate surface area is 117 Å². The predicted molar refractivity (Wildman–Crippen MR) is 65.3 cm³/mol. The summed E-state index contributed by atoms with van der Waals surface area (Å²) in [5.74, 6) is -1.57. The van der Waals surface area contributed by atoms with Gasteiger partial charge in [-0.15, -0.1) is 0 Å². The van der Waals surface area contributed by atoms with Gasteiger partial charge in [0.2, 0.25) is 5.91 Å². The highest BCUT2D eigenvalue weighted by Gasteiger charge is 2.28. The van der Waals surface area contributed by atoms with Crippen molar-refractivity contribution in [3.8, 4) is 5.75 Å². The second-order valence-corrected chi connectivity index (χ2v) is 4.25. The highest BCUT2D eigenvalue weighted by atomic mass is 35.5. The van der Waals surface area contributed by atoms with E-state index in [1.54, 1.807) is 0 Å². The third kappa shape index (κ3) is 3.35. The van der Waals surface area contributed by atoms with Gasteiger partial charge >= 0.3 is 6.03 Å². The summed E-state index contributed by atoms with van der Waals surface area (Å²) in [7, 11) is 0. The molecule has 9 heteroatoms. The topological polar surface area (TPSA) is 87.7 Å². The smallest absolute Gasteiger partial charge is 0.343 e. The van der Waals surface area contributed by atoms with Crippen molar-refractivity contribution in [3.05, 3.63) is 29.0 Å². The first-order chi connectivity index (χ1) is 9.45. The number of benzene rings is 1. The summed E-state index contributed by atoms with van der Waals surface area (Å²) < 4.78 is 17.9. The van der Waals surface area contributed by atoms with E-state index in [0.717, 1.165) is 17.1 Å². The number of carbonyl (C=O) groups is 3. The zero-order valence-corrected chi connectivity index (χ0v) is 10.7. The minimum Gasteiger partial charge on any atom is -0.482 e. The lowest BCUT2D eigenvalue weighted by atomic mass is 10.3.